The molecule has 0 spiro atoms. The Morgan fingerprint density at radius 3 is 2.55 bits per heavy atom. The minimum atomic E-state index is 0.626. The highest BCUT2D eigenvalue weighted by atomic mass is 16.5. The van der Waals surface area contributed by atoms with Gasteiger partial charge < -0.3 is 25.0 Å². The summed E-state index contributed by atoms with van der Waals surface area (Å²) in [4.78, 5) is 6.42. The van der Waals surface area contributed by atoms with E-state index in [-0.39, 0.29) is 0 Å². The number of anilines is 1. The third-order valence-corrected chi connectivity index (χ3v) is 4.57. The quantitative estimate of drug-likeness (QED) is 0.365. The van der Waals surface area contributed by atoms with Crippen molar-refractivity contribution in [3.8, 4) is 11.5 Å². The Labute approximate surface area is 174 Å². The van der Waals surface area contributed by atoms with Gasteiger partial charge in [-0.05, 0) is 55.2 Å². The van der Waals surface area contributed by atoms with Crippen molar-refractivity contribution < 1.29 is 9.47 Å². The number of hydrogen-bond donors (Lipinski definition) is 2. The van der Waals surface area contributed by atoms with Gasteiger partial charge in [0.2, 0.25) is 0 Å². The van der Waals surface area contributed by atoms with Crippen LogP contribution in [-0.4, -0.2) is 47.4 Å². The highest BCUT2D eigenvalue weighted by molar-refractivity contribution is 5.79. The van der Waals surface area contributed by atoms with Crippen molar-refractivity contribution in [3.05, 3.63) is 53.6 Å². The maximum atomic E-state index is 5.65. The number of hydrogen-bond acceptors (Lipinski definition) is 4. The van der Waals surface area contributed by atoms with E-state index in [2.05, 4.69) is 56.9 Å². The summed E-state index contributed by atoms with van der Waals surface area (Å²) in [6.45, 7) is 4.18. The van der Waals surface area contributed by atoms with E-state index in [1.807, 2.05) is 27.1 Å². The molecule has 158 valence electrons. The molecule has 2 N–H and O–H groups in total. The second-order valence-corrected chi connectivity index (χ2v) is 6.94. The molecule has 2 aromatic rings. The first-order valence-corrected chi connectivity index (χ1v) is 10.1. The zero-order valence-electron chi connectivity index (χ0n) is 18.3. The van der Waals surface area contributed by atoms with Gasteiger partial charge in [-0.15, -0.1) is 0 Å². The van der Waals surface area contributed by atoms with E-state index in [1.165, 1.54) is 16.8 Å². The third-order valence-electron chi connectivity index (χ3n) is 4.57. The fourth-order valence-electron chi connectivity index (χ4n) is 3.00. The molecule has 0 fully saturated rings. The molecule has 0 aliphatic rings. The highest BCUT2D eigenvalue weighted by Crippen LogP contribution is 2.28. The second kappa shape index (κ2) is 11.8. The number of benzene rings is 2. The number of methoxy groups -OCH3 is 1. The van der Waals surface area contributed by atoms with Gasteiger partial charge in [-0.2, -0.15) is 0 Å². The van der Waals surface area contributed by atoms with Crippen LogP contribution in [0, 0.1) is 0 Å². The van der Waals surface area contributed by atoms with Crippen LogP contribution in [0.5, 0.6) is 11.5 Å². The molecule has 6 nitrogen and oxygen atoms in total. The van der Waals surface area contributed by atoms with Gasteiger partial charge in [0.05, 0.1) is 13.7 Å². The number of nitrogens with one attached hydrogen (secondary N) is 2. The van der Waals surface area contributed by atoms with Gasteiger partial charge in [0.15, 0.2) is 17.5 Å². The lowest BCUT2D eigenvalue weighted by atomic mass is 10.1. The van der Waals surface area contributed by atoms with E-state index in [4.69, 9.17) is 9.47 Å². The molecule has 0 saturated carbocycles. The van der Waals surface area contributed by atoms with Crippen LogP contribution in [0.2, 0.25) is 0 Å². The molecular weight excluding hydrogens is 364 g/mol. The second-order valence-electron chi connectivity index (χ2n) is 6.94. The molecule has 0 saturated heterocycles. The highest BCUT2D eigenvalue weighted by Gasteiger charge is 2.06. The van der Waals surface area contributed by atoms with Crippen LogP contribution in [0.4, 0.5) is 5.69 Å². The average Bonchev–Trinajstić information content (AvgIpc) is 2.74. The van der Waals surface area contributed by atoms with Crippen molar-refractivity contribution >= 4 is 11.6 Å². The van der Waals surface area contributed by atoms with E-state index in [0.717, 1.165) is 43.4 Å². The Balaban J connectivity index is 1.79. The normalized spacial score (nSPS) is 11.1. The fraction of sp³-hybridized carbons (Fsp3) is 0.435. The van der Waals surface area contributed by atoms with Crippen LogP contribution in [0.25, 0.3) is 0 Å². The lowest BCUT2D eigenvalue weighted by molar-refractivity contribution is 0.310. The van der Waals surface area contributed by atoms with E-state index >= 15 is 0 Å². The van der Waals surface area contributed by atoms with Crippen molar-refractivity contribution in [1.82, 2.24) is 10.6 Å². The Hall–Kier alpha value is -2.89. The topological polar surface area (TPSA) is 58.1 Å². The molecule has 0 heterocycles. The van der Waals surface area contributed by atoms with Crippen LogP contribution < -0.4 is 25.0 Å². The summed E-state index contributed by atoms with van der Waals surface area (Å²) in [6, 6.07) is 14.6. The molecule has 0 unspecified atom stereocenters. The standard InChI is InChI=1S/C23H34N4O2/c1-6-29-22-16-18(12-13-21(22)28-5)10-8-14-25-23(24-2)26-17-19-9-7-11-20(15-19)27(3)4/h7,9,11-13,15-16H,6,8,10,14,17H2,1-5H3,(H2,24,25,26). The number of guanidine groups is 1. The molecule has 0 radical (unpaired) electrons. The summed E-state index contributed by atoms with van der Waals surface area (Å²) in [6.07, 6.45) is 1.95. The number of rotatable bonds is 10. The summed E-state index contributed by atoms with van der Waals surface area (Å²) in [7, 11) is 7.56. The Morgan fingerprint density at radius 2 is 1.86 bits per heavy atom. The Morgan fingerprint density at radius 1 is 1.03 bits per heavy atom. The maximum Gasteiger partial charge on any atom is 0.191 e. The Kier molecular flexibility index (Phi) is 9.15. The number of aryl methyl sites for hydroxylation is 1. The number of ether oxygens (including phenoxy) is 2. The van der Waals surface area contributed by atoms with Crippen molar-refractivity contribution in [3.63, 3.8) is 0 Å². The minimum Gasteiger partial charge on any atom is -0.493 e. The van der Waals surface area contributed by atoms with Gasteiger partial charge in [-0.3, -0.25) is 4.99 Å². The number of aliphatic imine (C=N–C) groups is 1. The maximum absolute atomic E-state index is 5.65. The first kappa shape index (κ1) is 22.4. The zero-order chi connectivity index (χ0) is 21.1. The lowest BCUT2D eigenvalue weighted by Gasteiger charge is -2.15. The summed E-state index contributed by atoms with van der Waals surface area (Å²) in [5.74, 6) is 2.39. The molecule has 0 aromatic heterocycles. The molecular formula is C23H34N4O2. The largest absolute Gasteiger partial charge is 0.493 e. The molecule has 0 amide bonds. The van der Waals surface area contributed by atoms with Crippen molar-refractivity contribution in [1.29, 1.82) is 0 Å². The average molecular weight is 399 g/mol. The predicted molar refractivity (Wildman–Crippen MR) is 121 cm³/mol. The monoisotopic (exact) mass is 398 g/mol. The first-order valence-electron chi connectivity index (χ1n) is 10.1. The van der Waals surface area contributed by atoms with Gasteiger partial charge >= 0.3 is 0 Å². The van der Waals surface area contributed by atoms with Gasteiger partial charge in [0.1, 0.15) is 0 Å². The molecule has 29 heavy (non-hydrogen) atoms. The lowest BCUT2D eigenvalue weighted by Crippen LogP contribution is -2.37. The first-order chi connectivity index (χ1) is 14.1. The van der Waals surface area contributed by atoms with Gasteiger partial charge in [0, 0.05) is 39.9 Å². The minimum absolute atomic E-state index is 0.626. The van der Waals surface area contributed by atoms with Gasteiger partial charge in [-0.1, -0.05) is 18.2 Å². The van der Waals surface area contributed by atoms with E-state index < -0.39 is 0 Å². The van der Waals surface area contributed by atoms with Crippen LogP contribution in [-0.2, 0) is 13.0 Å². The van der Waals surface area contributed by atoms with Crippen molar-refractivity contribution in [2.45, 2.75) is 26.3 Å². The van der Waals surface area contributed by atoms with Crippen LogP contribution in [0.15, 0.2) is 47.5 Å². The zero-order valence-corrected chi connectivity index (χ0v) is 18.3. The summed E-state index contributed by atoms with van der Waals surface area (Å²) < 4.78 is 11.0. The molecule has 0 aliphatic carbocycles. The van der Waals surface area contributed by atoms with Crippen LogP contribution in [0.3, 0.4) is 0 Å². The van der Waals surface area contributed by atoms with Crippen molar-refractivity contribution in [2.24, 2.45) is 4.99 Å². The molecule has 0 aliphatic heterocycles. The molecule has 2 aromatic carbocycles. The molecule has 6 heteroatoms. The predicted octanol–water partition coefficient (Wildman–Crippen LogP) is 3.46. The van der Waals surface area contributed by atoms with Gasteiger partial charge in [0.25, 0.3) is 0 Å². The molecule has 0 bridgehead atoms. The molecule has 0 atom stereocenters. The summed E-state index contributed by atoms with van der Waals surface area (Å²) in [5.41, 5.74) is 3.65. The van der Waals surface area contributed by atoms with Gasteiger partial charge in [-0.25, -0.2) is 0 Å². The van der Waals surface area contributed by atoms with E-state index in [9.17, 15) is 0 Å². The smallest absolute Gasteiger partial charge is 0.191 e. The molecule has 2 rings (SSSR count). The van der Waals surface area contributed by atoms with E-state index in [1.54, 1.807) is 14.2 Å². The Bertz CT molecular complexity index is 790. The van der Waals surface area contributed by atoms with Crippen LogP contribution in [0.1, 0.15) is 24.5 Å². The van der Waals surface area contributed by atoms with Crippen LogP contribution >= 0.6 is 0 Å². The van der Waals surface area contributed by atoms with E-state index in [0.29, 0.717) is 6.61 Å². The van der Waals surface area contributed by atoms with Crippen molar-refractivity contribution in [2.75, 3.05) is 46.3 Å². The third kappa shape index (κ3) is 7.22. The SMILES string of the molecule is CCOc1cc(CCCNC(=NC)NCc2cccc(N(C)C)c2)ccc1OC. The number of nitrogens with zero attached hydrogens (tertiary/aromatic N) is 2. The summed E-state index contributed by atoms with van der Waals surface area (Å²) in [5, 5.41) is 6.76. The summed E-state index contributed by atoms with van der Waals surface area (Å²) >= 11 is 0. The fourth-order valence-corrected chi connectivity index (χ4v) is 3.00.